The Morgan fingerprint density at radius 2 is 2.18 bits per heavy atom. The Morgan fingerprint density at radius 3 is 2.88 bits per heavy atom. The molecule has 0 aromatic heterocycles. The lowest BCUT2D eigenvalue weighted by molar-refractivity contribution is 0.0612. The number of benzene rings is 1. The van der Waals surface area contributed by atoms with Gasteiger partial charge in [-0.25, -0.2) is 0 Å². The maximum Gasteiger partial charge on any atom is 0.0674 e. The van der Waals surface area contributed by atoms with E-state index in [4.69, 9.17) is 10.5 Å². The van der Waals surface area contributed by atoms with Crippen LogP contribution in [0.5, 0.6) is 0 Å². The Balaban J connectivity index is 2.11. The van der Waals surface area contributed by atoms with Crippen LogP contribution in [0.25, 0.3) is 0 Å². The molecule has 3 nitrogen and oxygen atoms in total. The number of ether oxygens (including phenoxy) is 1. The van der Waals surface area contributed by atoms with E-state index in [9.17, 15) is 0 Å². The molecule has 0 aliphatic carbocycles. The van der Waals surface area contributed by atoms with E-state index in [1.807, 2.05) is 6.07 Å². The summed E-state index contributed by atoms with van der Waals surface area (Å²) in [5.41, 5.74) is 7.26. The summed E-state index contributed by atoms with van der Waals surface area (Å²) in [6.07, 6.45) is 1.39. The van der Waals surface area contributed by atoms with Crippen molar-refractivity contribution in [3.05, 3.63) is 35.9 Å². The zero-order valence-electron chi connectivity index (χ0n) is 10.5. The first-order valence-electron chi connectivity index (χ1n) is 6.42. The number of hydrogen-bond acceptors (Lipinski definition) is 3. The summed E-state index contributed by atoms with van der Waals surface area (Å²) in [6, 6.07) is 10.8. The molecule has 1 saturated heterocycles. The molecule has 94 valence electrons. The van der Waals surface area contributed by atoms with Crippen LogP contribution in [-0.4, -0.2) is 37.2 Å². The van der Waals surface area contributed by atoms with Gasteiger partial charge in [0.15, 0.2) is 0 Å². The minimum absolute atomic E-state index is 0.301. The first kappa shape index (κ1) is 12.6. The summed E-state index contributed by atoms with van der Waals surface area (Å²) in [5, 5.41) is 0. The molecule has 1 fully saturated rings. The van der Waals surface area contributed by atoms with E-state index in [0.717, 1.165) is 26.1 Å². The molecule has 0 spiro atoms. The molecular formula is C14H22N2O. The molecule has 1 aromatic rings. The third-order valence-electron chi connectivity index (χ3n) is 3.33. The van der Waals surface area contributed by atoms with Crippen molar-refractivity contribution >= 4 is 0 Å². The molecule has 1 heterocycles. The summed E-state index contributed by atoms with van der Waals surface area (Å²) in [4.78, 5) is 2.45. The molecule has 1 aromatic carbocycles. The largest absolute Gasteiger partial charge is 0.377 e. The zero-order valence-corrected chi connectivity index (χ0v) is 10.5. The average Bonchev–Trinajstić information content (AvgIpc) is 2.56. The smallest absolute Gasteiger partial charge is 0.0674 e. The third-order valence-corrected chi connectivity index (χ3v) is 3.33. The van der Waals surface area contributed by atoms with E-state index in [2.05, 4.69) is 36.1 Å². The number of nitrogens with two attached hydrogens (primary N) is 1. The second-order valence-corrected chi connectivity index (χ2v) is 4.69. The van der Waals surface area contributed by atoms with Crippen LogP contribution >= 0.6 is 0 Å². The maximum absolute atomic E-state index is 5.95. The van der Waals surface area contributed by atoms with Gasteiger partial charge in [0.1, 0.15) is 0 Å². The van der Waals surface area contributed by atoms with Crippen molar-refractivity contribution in [1.82, 2.24) is 4.90 Å². The fraction of sp³-hybridized carbons (Fsp3) is 0.571. The minimum Gasteiger partial charge on any atom is -0.377 e. The second kappa shape index (κ2) is 6.15. The van der Waals surface area contributed by atoms with E-state index >= 15 is 0 Å². The summed E-state index contributed by atoms with van der Waals surface area (Å²) < 4.78 is 5.68. The van der Waals surface area contributed by atoms with Crippen LogP contribution in [0.2, 0.25) is 0 Å². The first-order chi connectivity index (χ1) is 8.31. The highest BCUT2D eigenvalue weighted by Crippen LogP contribution is 2.21. The topological polar surface area (TPSA) is 38.5 Å². The van der Waals surface area contributed by atoms with Gasteiger partial charge in [-0.2, -0.15) is 0 Å². The summed E-state index contributed by atoms with van der Waals surface area (Å²) >= 11 is 0. The van der Waals surface area contributed by atoms with Crippen LogP contribution in [-0.2, 0) is 4.74 Å². The Kier molecular flexibility index (Phi) is 4.54. The van der Waals surface area contributed by atoms with Crippen LogP contribution in [0.4, 0.5) is 0 Å². The van der Waals surface area contributed by atoms with Crippen LogP contribution in [0.15, 0.2) is 30.3 Å². The highest BCUT2D eigenvalue weighted by molar-refractivity contribution is 5.19. The highest BCUT2D eigenvalue weighted by Gasteiger charge is 2.22. The molecule has 1 aliphatic heterocycles. The minimum atomic E-state index is 0.301. The van der Waals surface area contributed by atoms with E-state index in [1.54, 1.807) is 0 Å². The number of rotatable bonds is 3. The predicted octanol–water partition coefficient (Wildman–Crippen LogP) is 1.80. The van der Waals surface area contributed by atoms with E-state index < -0.39 is 0 Å². The maximum atomic E-state index is 5.95. The Labute approximate surface area is 104 Å². The standard InChI is InChI=1S/C14H22N2O/c1-12-11-16(8-5-9-17-12)14(10-15)13-6-3-2-4-7-13/h2-4,6-7,12,14H,5,8-11,15H2,1H3. The molecule has 2 N–H and O–H groups in total. The lowest BCUT2D eigenvalue weighted by atomic mass is 10.0. The van der Waals surface area contributed by atoms with Crippen LogP contribution in [0.1, 0.15) is 24.9 Å². The monoisotopic (exact) mass is 234 g/mol. The summed E-state index contributed by atoms with van der Waals surface area (Å²) in [6.45, 7) is 5.70. The average molecular weight is 234 g/mol. The lowest BCUT2D eigenvalue weighted by Crippen LogP contribution is -2.37. The molecule has 1 aliphatic rings. The van der Waals surface area contributed by atoms with Gasteiger partial charge < -0.3 is 10.5 Å². The van der Waals surface area contributed by atoms with Crippen molar-refractivity contribution in [2.45, 2.75) is 25.5 Å². The quantitative estimate of drug-likeness (QED) is 0.866. The predicted molar refractivity (Wildman–Crippen MR) is 69.8 cm³/mol. The van der Waals surface area contributed by atoms with Crippen molar-refractivity contribution in [3.8, 4) is 0 Å². The van der Waals surface area contributed by atoms with Crippen molar-refractivity contribution in [3.63, 3.8) is 0 Å². The molecular weight excluding hydrogens is 212 g/mol. The second-order valence-electron chi connectivity index (χ2n) is 4.69. The first-order valence-corrected chi connectivity index (χ1v) is 6.42. The zero-order chi connectivity index (χ0) is 12.1. The highest BCUT2D eigenvalue weighted by atomic mass is 16.5. The van der Waals surface area contributed by atoms with Crippen molar-refractivity contribution in [2.75, 3.05) is 26.2 Å². The molecule has 0 radical (unpaired) electrons. The van der Waals surface area contributed by atoms with Crippen LogP contribution < -0.4 is 5.73 Å². The van der Waals surface area contributed by atoms with Gasteiger partial charge >= 0.3 is 0 Å². The molecule has 2 rings (SSSR count). The van der Waals surface area contributed by atoms with Gasteiger partial charge in [-0.1, -0.05) is 30.3 Å². The van der Waals surface area contributed by atoms with E-state index in [0.29, 0.717) is 18.7 Å². The SMILES string of the molecule is CC1CN(C(CN)c2ccccc2)CCCO1. The molecule has 2 atom stereocenters. The molecule has 0 amide bonds. The molecule has 2 unspecified atom stereocenters. The Bertz CT molecular complexity index is 328. The molecule has 3 heteroatoms. The molecule has 0 bridgehead atoms. The summed E-state index contributed by atoms with van der Waals surface area (Å²) in [5.74, 6) is 0. The number of nitrogens with zero attached hydrogens (tertiary/aromatic N) is 1. The van der Waals surface area contributed by atoms with E-state index in [1.165, 1.54) is 5.56 Å². The fourth-order valence-corrected chi connectivity index (χ4v) is 2.48. The molecule has 0 saturated carbocycles. The fourth-order valence-electron chi connectivity index (χ4n) is 2.48. The number of hydrogen-bond donors (Lipinski definition) is 1. The van der Waals surface area contributed by atoms with Crippen LogP contribution in [0, 0.1) is 0 Å². The third kappa shape index (κ3) is 3.28. The van der Waals surface area contributed by atoms with Crippen molar-refractivity contribution in [1.29, 1.82) is 0 Å². The van der Waals surface area contributed by atoms with E-state index in [-0.39, 0.29) is 0 Å². The van der Waals surface area contributed by atoms with Gasteiger partial charge in [0.05, 0.1) is 6.10 Å². The van der Waals surface area contributed by atoms with Gasteiger partial charge in [0.2, 0.25) is 0 Å². The van der Waals surface area contributed by atoms with Gasteiger partial charge in [0, 0.05) is 32.3 Å². The summed E-state index contributed by atoms with van der Waals surface area (Å²) in [7, 11) is 0. The van der Waals surface area contributed by atoms with Gasteiger partial charge in [0.25, 0.3) is 0 Å². The van der Waals surface area contributed by atoms with Crippen molar-refractivity contribution in [2.24, 2.45) is 5.73 Å². The van der Waals surface area contributed by atoms with Gasteiger partial charge in [-0.05, 0) is 18.9 Å². The Morgan fingerprint density at radius 1 is 1.41 bits per heavy atom. The lowest BCUT2D eigenvalue weighted by Gasteiger charge is -2.30. The van der Waals surface area contributed by atoms with Crippen LogP contribution in [0.3, 0.4) is 0 Å². The van der Waals surface area contributed by atoms with Gasteiger partial charge in [-0.3, -0.25) is 4.90 Å². The normalized spacial score (nSPS) is 24.2. The van der Waals surface area contributed by atoms with Gasteiger partial charge in [-0.15, -0.1) is 0 Å². The Hall–Kier alpha value is -0.900. The molecule has 17 heavy (non-hydrogen) atoms. The van der Waals surface area contributed by atoms with Crippen molar-refractivity contribution < 1.29 is 4.74 Å².